The fourth-order valence-corrected chi connectivity index (χ4v) is 1.83. The first kappa shape index (κ1) is 13.7. The monoisotopic (exact) mass is 271 g/mol. The maximum absolute atomic E-state index is 11.8. The second-order valence-electron chi connectivity index (χ2n) is 4.46. The minimum atomic E-state index is -0.177. The fourth-order valence-electron chi connectivity index (χ4n) is 1.83. The standard InChI is InChI=1S/C15H17N3O2/c1-11(13-7-3-4-8-14(13)19)16-17-15(20)10-12-6-5-9-18(12)2/h3-9,16,19H,1,10H2,2H3,(H,17,20). The van der Waals surface area contributed by atoms with E-state index in [-0.39, 0.29) is 18.1 Å². The van der Waals surface area contributed by atoms with E-state index in [2.05, 4.69) is 17.4 Å². The highest BCUT2D eigenvalue weighted by molar-refractivity contribution is 5.79. The largest absolute Gasteiger partial charge is 0.507 e. The number of carbonyl (C=O) groups is 1. The molecule has 3 N–H and O–H groups in total. The molecule has 0 spiro atoms. The molecule has 1 amide bonds. The van der Waals surface area contributed by atoms with Crippen molar-refractivity contribution in [3.63, 3.8) is 0 Å². The molecule has 1 aromatic heterocycles. The highest BCUT2D eigenvalue weighted by atomic mass is 16.3. The van der Waals surface area contributed by atoms with Crippen LogP contribution in [0.2, 0.25) is 0 Å². The number of benzene rings is 1. The Balaban J connectivity index is 1.89. The van der Waals surface area contributed by atoms with Gasteiger partial charge in [0.15, 0.2) is 0 Å². The summed E-state index contributed by atoms with van der Waals surface area (Å²) >= 11 is 0. The Kier molecular flexibility index (Phi) is 4.10. The molecule has 0 aliphatic heterocycles. The Morgan fingerprint density at radius 1 is 1.25 bits per heavy atom. The summed E-state index contributed by atoms with van der Waals surface area (Å²) in [5.41, 5.74) is 7.16. The van der Waals surface area contributed by atoms with Crippen LogP contribution in [0.4, 0.5) is 0 Å². The van der Waals surface area contributed by atoms with Crippen molar-refractivity contribution >= 4 is 11.6 Å². The Morgan fingerprint density at radius 3 is 2.65 bits per heavy atom. The van der Waals surface area contributed by atoms with Crippen molar-refractivity contribution in [3.8, 4) is 5.75 Å². The predicted octanol–water partition coefficient (Wildman–Crippen LogP) is 1.56. The molecule has 0 saturated heterocycles. The molecule has 0 fully saturated rings. The first-order chi connectivity index (χ1) is 9.58. The van der Waals surface area contributed by atoms with E-state index >= 15 is 0 Å². The molecule has 104 valence electrons. The van der Waals surface area contributed by atoms with Crippen LogP contribution < -0.4 is 10.9 Å². The smallest absolute Gasteiger partial charge is 0.244 e. The van der Waals surface area contributed by atoms with Crippen LogP contribution in [0.15, 0.2) is 49.2 Å². The van der Waals surface area contributed by atoms with Crippen LogP contribution >= 0.6 is 0 Å². The summed E-state index contributed by atoms with van der Waals surface area (Å²) in [6.07, 6.45) is 2.15. The summed E-state index contributed by atoms with van der Waals surface area (Å²) in [5.74, 6) is -0.0648. The van der Waals surface area contributed by atoms with Crippen molar-refractivity contribution in [1.82, 2.24) is 15.4 Å². The molecule has 0 saturated carbocycles. The maximum Gasteiger partial charge on any atom is 0.244 e. The van der Waals surface area contributed by atoms with E-state index in [4.69, 9.17) is 0 Å². The van der Waals surface area contributed by atoms with Gasteiger partial charge in [-0.25, -0.2) is 0 Å². The number of aryl methyl sites for hydroxylation is 1. The molecule has 20 heavy (non-hydrogen) atoms. The van der Waals surface area contributed by atoms with Gasteiger partial charge >= 0.3 is 0 Å². The lowest BCUT2D eigenvalue weighted by atomic mass is 10.1. The first-order valence-electron chi connectivity index (χ1n) is 6.20. The second kappa shape index (κ2) is 5.97. The molecule has 0 atom stereocenters. The Labute approximate surface area is 117 Å². The number of rotatable bonds is 5. The minimum Gasteiger partial charge on any atom is -0.507 e. The van der Waals surface area contributed by atoms with Gasteiger partial charge < -0.3 is 9.67 Å². The summed E-state index contributed by atoms with van der Waals surface area (Å²) in [6, 6.07) is 10.6. The molecule has 1 heterocycles. The topological polar surface area (TPSA) is 66.3 Å². The van der Waals surface area contributed by atoms with Gasteiger partial charge in [-0.1, -0.05) is 18.7 Å². The van der Waals surface area contributed by atoms with Crippen LogP contribution in [0.1, 0.15) is 11.3 Å². The highest BCUT2D eigenvalue weighted by Gasteiger charge is 2.08. The molecule has 0 radical (unpaired) electrons. The molecule has 1 aromatic carbocycles. The zero-order valence-corrected chi connectivity index (χ0v) is 11.3. The van der Waals surface area contributed by atoms with E-state index < -0.39 is 0 Å². The fraction of sp³-hybridized carbons (Fsp3) is 0.133. The Hall–Kier alpha value is -2.69. The number of aromatic hydroxyl groups is 1. The number of carbonyl (C=O) groups excluding carboxylic acids is 1. The van der Waals surface area contributed by atoms with Gasteiger partial charge in [0.25, 0.3) is 0 Å². The van der Waals surface area contributed by atoms with Crippen molar-refractivity contribution in [3.05, 3.63) is 60.4 Å². The van der Waals surface area contributed by atoms with Gasteiger partial charge in [0, 0.05) is 24.5 Å². The SMILES string of the molecule is C=C(NNC(=O)Cc1cccn1C)c1ccccc1O. The van der Waals surface area contributed by atoms with E-state index in [1.165, 1.54) is 0 Å². The number of hydrazine groups is 1. The number of aromatic nitrogens is 1. The summed E-state index contributed by atoms with van der Waals surface area (Å²) in [5, 5.41) is 9.67. The van der Waals surface area contributed by atoms with Crippen LogP contribution in [-0.2, 0) is 18.3 Å². The zero-order chi connectivity index (χ0) is 14.5. The molecular weight excluding hydrogens is 254 g/mol. The third kappa shape index (κ3) is 3.20. The minimum absolute atomic E-state index is 0.113. The van der Waals surface area contributed by atoms with Crippen molar-refractivity contribution < 1.29 is 9.90 Å². The van der Waals surface area contributed by atoms with Crippen LogP contribution in [0.3, 0.4) is 0 Å². The van der Waals surface area contributed by atoms with E-state index in [0.29, 0.717) is 11.3 Å². The third-order valence-electron chi connectivity index (χ3n) is 2.97. The molecule has 0 unspecified atom stereocenters. The number of para-hydroxylation sites is 1. The number of hydrogen-bond donors (Lipinski definition) is 3. The predicted molar refractivity (Wildman–Crippen MR) is 77.5 cm³/mol. The van der Waals surface area contributed by atoms with Crippen molar-refractivity contribution in [2.45, 2.75) is 6.42 Å². The highest BCUT2D eigenvalue weighted by Crippen LogP contribution is 2.20. The lowest BCUT2D eigenvalue weighted by molar-refractivity contribution is -0.121. The number of phenolic OH excluding ortho intramolecular Hbond substituents is 1. The number of phenols is 1. The number of nitrogens with zero attached hydrogens (tertiary/aromatic N) is 1. The molecule has 2 rings (SSSR count). The van der Waals surface area contributed by atoms with Gasteiger partial charge in [-0.3, -0.25) is 15.6 Å². The summed E-state index contributed by atoms with van der Waals surface area (Å²) in [4.78, 5) is 11.8. The maximum atomic E-state index is 11.8. The quantitative estimate of drug-likeness (QED) is 0.723. The lowest BCUT2D eigenvalue weighted by Gasteiger charge is -2.12. The van der Waals surface area contributed by atoms with Crippen LogP contribution in [0, 0.1) is 0 Å². The summed E-state index contributed by atoms with van der Waals surface area (Å²) < 4.78 is 1.89. The Morgan fingerprint density at radius 2 is 2.00 bits per heavy atom. The van der Waals surface area contributed by atoms with Crippen molar-refractivity contribution in [2.24, 2.45) is 7.05 Å². The molecule has 0 bridgehead atoms. The normalized spacial score (nSPS) is 10.1. The molecular formula is C15H17N3O2. The first-order valence-corrected chi connectivity index (χ1v) is 6.20. The van der Waals surface area contributed by atoms with Crippen LogP contribution in [-0.4, -0.2) is 15.6 Å². The average Bonchev–Trinajstić information content (AvgIpc) is 2.82. The number of amides is 1. The zero-order valence-electron chi connectivity index (χ0n) is 11.3. The van der Waals surface area contributed by atoms with E-state index in [1.807, 2.05) is 29.9 Å². The van der Waals surface area contributed by atoms with Gasteiger partial charge in [-0.05, 0) is 24.3 Å². The lowest BCUT2D eigenvalue weighted by Crippen LogP contribution is -2.37. The van der Waals surface area contributed by atoms with E-state index in [1.54, 1.807) is 24.3 Å². The van der Waals surface area contributed by atoms with Crippen LogP contribution in [0.5, 0.6) is 5.75 Å². The summed E-state index contributed by atoms with van der Waals surface area (Å²) in [7, 11) is 1.89. The number of hydrogen-bond acceptors (Lipinski definition) is 3. The number of nitrogens with one attached hydrogen (secondary N) is 2. The third-order valence-corrected chi connectivity index (χ3v) is 2.97. The summed E-state index contributed by atoms with van der Waals surface area (Å²) in [6.45, 7) is 3.78. The average molecular weight is 271 g/mol. The molecule has 5 heteroatoms. The molecule has 0 aliphatic rings. The van der Waals surface area contributed by atoms with E-state index in [0.717, 1.165) is 5.69 Å². The molecule has 0 aliphatic carbocycles. The second-order valence-corrected chi connectivity index (χ2v) is 4.46. The molecule has 5 nitrogen and oxygen atoms in total. The van der Waals surface area contributed by atoms with Crippen molar-refractivity contribution in [1.29, 1.82) is 0 Å². The van der Waals surface area contributed by atoms with Crippen molar-refractivity contribution in [2.75, 3.05) is 0 Å². The van der Waals surface area contributed by atoms with Gasteiger partial charge in [0.05, 0.1) is 12.1 Å². The molecule has 2 aromatic rings. The van der Waals surface area contributed by atoms with Gasteiger partial charge in [-0.15, -0.1) is 0 Å². The van der Waals surface area contributed by atoms with Gasteiger partial charge in [0.1, 0.15) is 5.75 Å². The van der Waals surface area contributed by atoms with Gasteiger partial charge in [-0.2, -0.15) is 0 Å². The Bertz CT molecular complexity index is 632. The van der Waals surface area contributed by atoms with Gasteiger partial charge in [0.2, 0.25) is 5.91 Å². The van der Waals surface area contributed by atoms with E-state index in [9.17, 15) is 9.90 Å². The van der Waals surface area contributed by atoms with Crippen LogP contribution in [0.25, 0.3) is 5.70 Å².